The van der Waals surface area contributed by atoms with Crippen molar-refractivity contribution in [2.24, 2.45) is 17.1 Å². The van der Waals surface area contributed by atoms with Crippen molar-refractivity contribution in [2.75, 3.05) is 0 Å². The van der Waals surface area contributed by atoms with E-state index in [2.05, 4.69) is 0 Å². The second-order valence-corrected chi connectivity index (χ2v) is 3.50. The van der Waals surface area contributed by atoms with Gasteiger partial charge < -0.3 is 15.9 Å². The van der Waals surface area contributed by atoms with Crippen molar-refractivity contribution in [3.63, 3.8) is 0 Å². The molecule has 0 saturated carbocycles. The Morgan fingerprint density at radius 1 is 1.53 bits per heavy atom. The van der Waals surface area contributed by atoms with Crippen molar-refractivity contribution in [2.45, 2.75) is 13.3 Å². The van der Waals surface area contributed by atoms with Crippen LogP contribution < -0.4 is 5.73 Å². The van der Waals surface area contributed by atoms with Crippen molar-refractivity contribution < 1.29 is 19.8 Å². The lowest BCUT2D eigenvalue weighted by Gasteiger charge is -2.33. The lowest BCUT2D eigenvalue weighted by atomic mass is 9.69. The molecule has 0 aromatic heterocycles. The van der Waals surface area contributed by atoms with Gasteiger partial charge in [0.1, 0.15) is 11.3 Å². The first-order chi connectivity index (χ1) is 6.95. The lowest BCUT2D eigenvalue weighted by molar-refractivity contribution is -0.157. The molecule has 0 spiro atoms. The molecule has 0 bridgehead atoms. The summed E-state index contributed by atoms with van der Waals surface area (Å²) < 4.78 is 0. The molecule has 15 heavy (non-hydrogen) atoms. The second kappa shape index (κ2) is 3.76. The summed E-state index contributed by atoms with van der Waals surface area (Å²) in [7, 11) is 0. The van der Waals surface area contributed by atoms with Crippen molar-refractivity contribution >= 4 is 11.9 Å². The smallest absolute Gasteiger partial charge is 0.314 e. The molecule has 2 unspecified atom stereocenters. The van der Waals surface area contributed by atoms with Crippen LogP contribution in [-0.2, 0) is 9.59 Å². The van der Waals surface area contributed by atoms with E-state index in [-0.39, 0.29) is 12.1 Å². The number of carbonyl (C=O) groups is 2. The minimum atomic E-state index is -1.43. The molecule has 0 aliphatic heterocycles. The summed E-state index contributed by atoms with van der Waals surface area (Å²) in [5, 5.41) is 18.1. The van der Waals surface area contributed by atoms with Gasteiger partial charge in [0.25, 0.3) is 0 Å². The predicted octanol–water partition coefficient (Wildman–Crippen LogP) is 0.581. The number of nitrogens with two attached hydrogens (primary N) is 1. The molecule has 82 valence electrons. The SMILES string of the molecule is CCC1(C(=O)O)C=CC=C(N)C1C(=O)O. The van der Waals surface area contributed by atoms with Crippen molar-refractivity contribution in [3.05, 3.63) is 23.9 Å². The molecule has 5 nitrogen and oxygen atoms in total. The number of allylic oxidation sites excluding steroid dienone is 2. The van der Waals surface area contributed by atoms with Crippen LogP contribution in [0.3, 0.4) is 0 Å². The molecule has 0 amide bonds. The van der Waals surface area contributed by atoms with Crippen LogP contribution in [0.4, 0.5) is 0 Å². The zero-order chi connectivity index (χ0) is 11.6. The minimum absolute atomic E-state index is 0.0780. The summed E-state index contributed by atoms with van der Waals surface area (Å²) in [5.41, 5.74) is 4.19. The van der Waals surface area contributed by atoms with Crippen LogP contribution in [0, 0.1) is 11.3 Å². The van der Waals surface area contributed by atoms with Gasteiger partial charge in [-0.2, -0.15) is 0 Å². The maximum atomic E-state index is 11.2. The molecule has 5 heteroatoms. The molecule has 1 rings (SSSR count). The number of aliphatic carboxylic acids is 2. The Bertz CT molecular complexity index is 358. The maximum Gasteiger partial charge on any atom is 0.314 e. The molecule has 0 radical (unpaired) electrons. The van der Waals surface area contributed by atoms with Crippen LogP contribution in [-0.4, -0.2) is 22.2 Å². The molecule has 0 fully saturated rings. The summed E-state index contributed by atoms with van der Waals surface area (Å²) in [6.45, 7) is 1.63. The fourth-order valence-corrected chi connectivity index (χ4v) is 1.85. The Morgan fingerprint density at radius 3 is 2.47 bits per heavy atom. The monoisotopic (exact) mass is 211 g/mol. The Labute approximate surface area is 86.9 Å². The highest BCUT2D eigenvalue weighted by Crippen LogP contribution is 2.39. The Hall–Kier alpha value is -1.78. The van der Waals surface area contributed by atoms with E-state index in [1.165, 1.54) is 18.2 Å². The Balaban J connectivity index is 3.27. The van der Waals surface area contributed by atoms with E-state index < -0.39 is 23.3 Å². The summed E-state index contributed by atoms with van der Waals surface area (Å²) >= 11 is 0. The summed E-state index contributed by atoms with van der Waals surface area (Å²) in [4.78, 5) is 22.2. The third kappa shape index (κ3) is 1.60. The first-order valence-electron chi connectivity index (χ1n) is 4.56. The van der Waals surface area contributed by atoms with Crippen molar-refractivity contribution in [1.82, 2.24) is 0 Å². The van der Waals surface area contributed by atoms with Gasteiger partial charge in [-0.05, 0) is 12.5 Å². The van der Waals surface area contributed by atoms with E-state index in [9.17, 15) is 9.59 Å². The molecule has 1 aliphatic rings. The number of hydrogen-bond donors (Lipinski definition) is 3. The molecule has 1 aliphatic carbocycles. The van der Waals surface area contributed by atoms with Gasteiger partial charge in [-0.25, -0.2) is 0 Å². The average Bonchev–Trinajstić information content (AvgIpc) is 2.16. The highest BCUT2D eigenvalue weighted by atomic mass is 16.4. The molecular formula is C10H13NO4. The van der Waals surface area contributed by atoms with E-state index >= 15 is 0 Å². The van der Waals surface area contributed by atoms with E-state index in [4.69, 9.17) is 15.9 Å². The van der Waals surface area contributed by atoms with Gasteiger partial charge >= 0.3 is 11.9 Å². The zero-order valence-electron chi connectivity index (χ0n) is 8.30. The molecule has 4 N–H and O–H groups in total. The van der Waals surface area contributed by atoms with Gasteiger partial charge in [0.15, 0.2) is 0 Å². The van der Waals surface area contributed by atoms with Crippen LogP contribution in [0.25, 0.3) is 0 Å². The van der Waals surface area contributed by atoms with Gasteiger partial charge in [0.05, 0.1) is 0 Å². The summed E-state index contributed by atoms with van der Waals surface area (Å²) in [5.74, 6) is -3.56. The van der Waals surface area contributed by atoms with E-state index in [0.29, 0.717) is 0 Å². The van der Waals surface area contributed by atoms with Crippen molar-refractivity contribution in [1.29, 1.82) is 0 Å². The van der Waals surface area contributed by atoms with Gasteiger partial charge in [-0.15, -0.1) is 0 Å². The number of hydrogen-bond acceptors (Lipinski definition) is 3. The summed E-state index contributed by atoms with van der Waals surface area (Å²) in [6.07, 6.45) is 4.50. The normalized spacial score (nSPS) is 29.7. The number of rotatable bonds is 3. The standard InChI is InChI=1S/C10H13NO4/c1-2-10(9(14)15)5-3-4-6(11)7(10)8(12)13/h3-5,7H,2,11H2,1H3,(H,12,13)(H,14,15). The van der Waals surface area contributed by atoms with E-state index in [1.54, 1.807) is 6.92 Å². The third-order valence-corrected chi connectivity index (χ3v) is 2.76. The van der Waals surface area contributed by atoms with E-state index in [0.717, 1.165) is 0 Å². The average molecular weight is 211 g/mol. The highest BCUT2D eigenvalue weighted by Gasteiger charge is 2.48. The van der Waals surface area contributed by atoms with Crippen LogP contribution in [0.15, 0.2) is 23.9 Å². The molecule has 0 heterocycles. The van der Waals surface area contributed by atoms with E-state index in [1.807, 2.05) is 0 Å². The summed E-state index contributed by atoms with van der Waals surface area (Å²) in [6, 6.07) is 0. The molecule has 0 aromatic rings. The molecule has 0 saturated heterocycles. The quantitative estimate of drug-likeness (QED) is 0.634. The van der Waals surface area contributed by atoms with Crippen molar-refractivity contribution in [3.8, 4) is 0 Å². The third-order valence-electron chi connectivity index (χ3n) is 2.76. The maximum absolute atomic E-state index is 11.2. The number of carboxylic acids is 2. The van der Waals surface area contributed by atoms with Gasteiger partial charge in [-0.1, -0.05) is 19.1 Å². The molecule has 0 aromatic carbocycles. The second-order valence-electron chi connectivity index (χ2n) is 3.50. The van der Waals surface area contributed by atoms with Crippen LogP contribution >= 0.6 is 0 Å². The Morgan fingerprint density at radius 2 is 2.13 bits per heavy atom. The van der Waals surface area contributed by atoms with Crippen LogP contribution in [0.1, 0.15) is 13.3 Å². The fourth-order valence-electron chi connectivity index (χ4n) is 1.85. The van der Waals surface area contributed by atoms with Gasteiger partial charge in [0, 0.05) is 5.70 Å². The van der Waals surface area contributed by atoms with Gasteiger partial charge in [-0.3, -0.25) is 9.59 Å². The number of carboxylic acid groups (broad SMARTS) is 2. The largest absolute Gasteiger partial charge is 0.481 e. The minimum Gasteiger partial charge on any atom is -0.481 e. The zero-order valence-corrected chi connectivity index (χ0v) is 8.30. The fraction of sp³-hybridized carbons (Fsp3) is 0.400. The first-order valence-corrected chi connectivity index (χ1v) is 4.56. The highest BCUT2D eigenvalue weighted by molar-refractivity contribution is 5.88. The topological polar surface area (TPSA) is 101 Å². The predicted molar refractivity (Wildman–Crippen MR) is 52.9 cm³/mol. The lowest BCUT2D eigenvalue weighted by Crippen LogP contribution is -2.44. The molecular weight excluding hydrogens is 198 g/mol. The van der Waals surface area contributed by atoms with Crippen LogP contribution in [0.5, 0.6) is 0 Å². The van der Waals surface area contributed by atoms with Gasteiger partial charge in [0.2, 0.25) is 0 Å². The molecule has 2 atom stereocenters. The van der Waals surface area contributed by atoms with Crippen LogP contribution in [0.2, 0.25) is 0 Å². The first kappa shape index (κ1) is 11.3. The Kier molecular flexibility index (Phi) is 2.83.